The van der Waals surface area contributed by atoms with Crippen molar-refractivity contribution in [2.45, 2.75) is 12.5 Å². The molecule has 1 aromatic heterocycles. The number of nitrogens with one attached hydrogen (secondary N) is 2. The third-order valence-electron chi connectivity index (χ3n) is 3.13. The van der Waals surface area contributed by atoms with Crippen molar-refractivity contribution in [1.82, 2.24) is 15.2 Å². The largest absolute Gasteiger partial charge is 0.387 e. The van der Waals surface area contributed by atoms with Crippen LogP contribution in [0.25, 0.3) is 10.9 Å². The summed E-state index contributed by atoms with van der Waals surface area (Å²) >= 11 is 0. The number of hydrogen-bond acceptors (Lipinski definition) is 3. The summed E-state index contributed by atoms with van der Waals surface area (Å²) in [5.41, 5.74) is 0.590. The molecule has 108 valence electrons. The highest BCUT2D eigenvalue weighted by molar-refractivity contribution is 6.06. The van der Waals surface area contributed by atoms with Crippen molar-refractivity contribution in [2.24, 2.45) is 0 Å². The zero-order valence-electron chi connectivity index (χ0n) is 12.1. The summed E-state index contributed by atoms with van der Waals surface area (Å²) in [6, 6.07) is 7.43. The molecule has 0 radical (unpaired) electrons. The number of hydrogen-bond donors (Lipinski definition) is 3. The molecule has 0 aliphatic rings. The number of fused-ring (bicyclic) bond motifs is 1. The van der Waals surface area contributed by atoms with E-state index >= 15 is 0 Å². The fourth-order valence-electron chi connectivity index (χ4n) is 2.39. The van der Waals surface area contributed by atoms with Crippen molar-refractivity contribution in [2.75, 3.05) is 27.2 Å². The molecule has 5 heteroatoms. The third-order valence-corrected chi connectivity index (χ3v) is 3.13. The Kier molecular flexibility index (Phi) is 4.11. The lowest BCUT2D eigenvalue weighted by molar-refractivity contribution is 0.0326. The quantitative estimate of drug-likeness (QED) is 0.768. The number of carbonyl (C=O) groups excluding carboxylic acids is 1. The second-order valence-electron chi connectivity index (χ2n) is 5.66. The highest BCUT2D eigenvalue weighted by Crippen LogP contribution is 2.17. The van der Waals surface area contributed by atoms with Crippen LogP contribution in [-0.4, -0.2) is 53.7 Å². The third kappa shape index (κ3) is 3.37. The fraction of sp³-hybridized carbons (Fsp3) is 0.400. The number of rotatable bonds is 5. The summed E-state index contributed by atoms with van der Waals surface area (Å²) in [5, 5.41) is 13.9. The standard InChI is InChI=1S/C15H21N3O2/c1-15(20,10-18(2)3)9-17-14(19)12-5-4-6-13-11(12)7-8-16-13/h4-8,16,20H,9-10H2,1-3H3,(H,17,19). The van der Waals surface area contributed by atoms with E-state index in [0.717, 1.165) is 10.9 Å². The highest BCUT2D eigenvalue weighted by atomic mass is 16.3. The van der Waals surface area contributed by atoms with E-state index in [1.165, 1.54) is 0 Å². The van der Waals surface area contributed by atoms with Gasteiger partial charge in [-0.15, -0.1) is 0 Å². The van der Waals surface area contributed by atoms with Crippen molar-refractivity contribution in [3.05, 3.63) is 36.0 Å². The summed E-state index contributed by atoms with van der Waals surface area (Å²) in [7, 11) is 3.77. The molecule has 2 aromatic rings. The molecule has 0 bridgehead atoms. The van der Waals surface area contributed by atoms with Crippen LogP contribution in [0.2, 0.25) is 0 Å². The van der Waals surface area contributed by atoms with Crippen LogP contribution in [0.1, 0.15) is 17.3 Å². The van der Waals surface area contributed by atoms with Gasteiger partial charge in [-0.3, -0.25) is 4.79 Å². The van der Waals surface area contributed by atoms with Gasteiger partial charge in [0.05, 0.1) is 5.60 Å². The summed E-state index contributed by atoms with van der Waals surface area (Å²) < 4.78 is 0. The number of aromatic amines is 1. The monoisotopic (exact) mass is 275 g/mol. The Bertz CT molecular complexity index is 602. The van der Waals surface area contributed by atoms with Crippen LogP contribution in [0, 0.1) is 0 Å². The smallest absolute Gasteiger partial charge is 0.252 e. The van der Waals surface area contributed by atoms with Gasteiger partial charge in [0.1, 0.15) is 0 Å². The Balaban J connectivity index is 2.07. The van der Waals surface area contributed by atoms with E-state index in [0.29, 0.717) is 12.1 Å². The molecular formula is C15H21N3O2. The number of nitrogens with zero attached hydrogens (tertiary/aromatic N) is 1. The number of H-pyrrole nitrogens is 1. The van der Waals surface area contributed by atoms with Crippen molar-refractivity contribution in [1.29, 1.82) is 0 Å². The molecule has 0 aliphatic carbocycles. The maximum Gasteiger partial charge on any atom is 0.252 e. The van der Waals surface area contributed by atoms with Gasteiger partial charge in [0, 0.05) is 35.8 Å². The van der Waals surface area contributed by atoms with Crippen molar-refractivity contribution >= 4 is 16.8 Å². The van der Waals surface area contributed by atoms with E-state index < -0.39 is 5.60 Å². The lowest BCUT2D eigenvalue weighted by Gasteiger charge is -2.27. The van der Waals surface area contributed by atoms with Gasteiger partial charge in [0.15, 0.2) is 0 Å². The number of amides is 1. The zero-order valence-corrected chi connectivity index (χ0v) is 12.1. The predicted octanol–water partition coefficient (Wildman–Crippen LogP) is 1.21. The molecular weight excluding hydrogens is 254 g/mol. The second-order valence-corrected chi connectivity index (χ2v) is 5.66. The van der Waals surface area contributed by atoms with Crippen LogP contribution in [0.4, 0.5) is 0 Å². The lowest BCUT2D eigenvalue weighted by atomic mass is 10.1. The molecule has 1 atom stereocenters. The number of aliphatic hydroxyl groups is 1. The van der Waals surface area contributed by atoms with Crippen LogP contribution in [0.3, 0.4) is 0 Å². The minimum Gasteiger partial charge on any atom is -0.387 e. The van der Waals surface area contributed by atoms with Gasteiger partial charge in [-0.05, 0) is 39.2 Å². The first-order valence-corrected chi connectivity index (χ1v) is 6.60. The van der Waals surface area contributed by atoms with Crippen LogP contribution in [-0.2, 0) is 0 Å². The molecule has 5 nitrogen and oxygen atoms in total. The van der Waals surface area contributed by atoms with Crippen LogP contribution in [0.15, 0.2) is 30.5 Å². The fourth-order valence-corrected chi connectivity index (χ4v) is 2.39. The molecule has 0 saturated carbocycles. The minimum atomic E-state index is -0.953. The maximum absolute atomic E-state index is 12.2. The van der Waals surface area contributed by atoms with Crippen LogP contribution in [0.5, 0.6) is 0 Å². The topological polar surface area (TPSA) is 68.4 Å². The number of aromatic nitrogens is 1. The van der Waals surface area contributed by atoms with Gasteiger partial charge < -0.3 is 20.3 Å². The van der Waals surface area contributed by atoms with Gasteiger partial charge in [-0.2, -0.15) is 0 Å². The molecule has 0 saturated heterocycles. The van der Waals surface area contributed by atoms with Gasteiger partial charge in [-0.25, -0.2) is 0 Å². The molecule has 1 unspecified atom stereocenters. The molecule has 0 fully saturated rings. The molecule has 1 amide bonds. The average molecular weight is 275 g/mol. The molecule has 1 heterocycles. The lowest BCUT2D eigenvalue weighted by Crippen LogP contribution is -2.47. The van der Waals surface area contributed by atoms with E-state index in [-0.39, 0.29) is 12.5 Å². The molecule has 2 rings (SSSR count). The zero-order chi connectivity index (χ0) is 14.8. The van der Waals surface area contributed by atoms with Gasteiger partial charge in [0.2, 0.25) is 0 Å². The number of carbonyl (C=O) groups is 1. The van der Waals surface area contributed by atoms with Crippen molar-refractivity contribution in [3.8, 4) is 0 Å². The summed E-state index contributed by atoms with van der Waals surface area (Å²) in [5.74, 6) is -0.172. The van der Waals surface area contributed by atoms with Gasteiger partial charge in [0.25, 0.3) is 5.91 Å². The Morgan fingerprint density at radius 1 is 1.40 bits per heavy atom. The Morgan fingerprint density at radius 3 is 2.85 bits per heavy atom. The Labute approximate surface area is 118 Å². The van der Waals surface area contributed by atoms with Gasteiger partial charge in [-0.1, -0.05) is 6.07 Å². The minimum absolute atomic E-state index is 0.172. The predicted molar refractivity (Wildman–Crippen MR) is 79.8 cm³/mol. The van der Waals surface area contributed by atoms with E-state index in [2.05, 4.69) is 10.3 Å². The van der Waals surface area contributed by atoms with Crippen LogP contribution >= 0.6 is 0 Å². The normalized spacial score (nSPS) is 14.4. The van der Waals surface area contributed by atoms with Crippen molar-refractivity contribution in [3.63, 3.8) is 0 Å². The summed E-state index contributed by atoms with van der Waals surface area (Å²) in [6.45, 7) is 2.41. The molecule has 20 heavy (non-hydrogen) atoms. The van der Waals surface area contributed by atoms with E-state index in [1.807, 2.05) is 43.4 Å². The van der Waals surface area contributed by atoms with Gasteiger partial charge >= 0.3 is 0 Å². The van der Waals surface area contributed by atoms with Crippen molar-refractivity contribution < 1.29 is 9.90 Å². The first-order chi connectivity index (χ1) is 9.39. The number of likely N-dealkylation sites (N-methyl/N-ethyl adjacent to an activating group) is 1. The summed E-state index contributed by atoms with van der Waals surface area (Å²) in [6.07, 6.45) is 1.81. The first kappa shape index (κ1) is 14.6. The number of benzene rings is 1. The Morgan fingerprint density at radius 2 is 2.15 bits per heavy atom. The maximum atomic E-state index is 12.2. The average Bonchev–Trinajstić information content (AvgIpc) is 2.82. The Hall–Kier alpha value is -1.85. The van der Waals surface area contributed by atoms with E-state index in [4.69, 9.17) is 0 Å². The highest BCUT2D eigenvalue weighted by Gasteiger charge is 2.22. The summed E-state index contributed by atoms with van der Waals surface area (Å²) in [4.78, 5) is 17.2. The molecule has 0 spiro atoms. The molecule has 3 N–H and O–H groups in total. The first-order valence-electron chi connectivity index (χ1n) is 6.60. The SMILES string of the molecule is CN(C)CC(C)(O)CNC(=O)c1cccc2[nH]ccc12. The van der Waals surface area contributed by atoms with E-state index in [1.54, 1.807) is 13.0 Å². The molecule has 0 aliphatic heterocycles. The molecule has 1 aromatic carbocycles. The van der Waals surface area contributed by atoms with E-state index in [9.17, 15) is 9.90 Å². The van der Waals surface area contributed by atoms with Crippen LogP contribution < -0.4 is 5.32 Å². The second kappa shape index (κ2) is 5.64.